The van der Waals surface area contributed by atoms with E-state index in [4.69, 9.17) is 11.6 Å². The fourth-order valence-electron chi connectivity index (χ4n) is 2.84. The van der Waals surface area contributed by atoms with Crippen molar-refractivity contribution in [3.63, 3.8) is 0 Å². The summed E-state index contributed by atoms with van der Waals surface area (Å²) < 4.78 is 0. The number of hydrogen-bond donors (Lipinski definition) is 0. The highest BCUT2D eigenvalue weighted by molar-refractivity contribution is 6.27. The summed E-state index contributed by atoms with van der Waals surface area (Å²) in [5, 5.41) is 0. The van der Waals surface area contributed by atoms with Gasteiger partial charge in [-0.25, -0.2) is 0 Å². The molecule has 1 fully saturated rings. The highest BCUT2D eigenvalue weighted by Crippen LogP contribution is 2.26. The third-order valence-corrected chi connectivity index (χ3v) is 3.98. The van der Waals surface area contributed by atoms with E-state index in [-0.39, 0.29) is 17.8 Å². The quantitative estimate of drug-likeness (QED) is 0.725. The van der Waals surface area contributed by atoms with Gasteiger partial charge in [0.25, 0.3) is 0 Å². The molecule has 1 amide bonds. The number of carbonyl (C=O) groups excluding carboxylic acids is 1. The summed E-state index contributed by atoms with van der Waals surface area (Å²) in [5.74, 6) is 0.182. The van der Waals surface area contributed by atoms with Gasteiger partial charge in [0.15, 0.2) is 0 Å². The van der Waals surface area contributed by atoms with E-state index in [1.807, 2.05) is 4.90 Å². The Kier molecular flexibility index (Phi) is 5.74. The van der Waals surface area contributed by atoms with Crippen LogP contribution in [-0.4, -0.2) is 53.8 Å². The summed E-state index contributed by atoms with van der Waals surface area (Å²) in [4.78, 5) is 16.1. The van der Waals surface area contributed by atoms with Gasteiger partial charge >= 0.3 is 0 Å². The van der Waals surface area contributed by atoms with Crippen LogP contribution in [0, 0.1) is 0 Å². The molecule has 4 heteroatoms. The Morgan fingerprint density at radius 3 is 2.00 bits per heavy atom. The van der Waals surface area contributed by atoms with Gasteiger partial charge in [-0.05, 0) is 53.6 Å². The van der Waals surface area contributed by atoms with E-state index < -0.39 is 0 Å². The molecular formula is C13H25ClN2O. The molecule has 100 valence electrons. The molecule has 1 rings (SSSR count). The summed E-state index contributed by atoms with van der Waals surface area (Å²) in [6.07, 6.45) is 4.56. The highest BCUT2D eigenvalue weighted by Gasteiger charge is 2.30. The summed E-state index contributed by atoms with van der Waals surface area (Å²) >= 11 is 5.69. The summed E-state index contributed by atoms with van der Waals surface area (Å²) in [5.41, 5.74) is 0. The number of rotatable bonds is 4. The maximum atomic E-state index is 11.9. The lowest BCUT2D eigenvalue weighted by molar-refractivity contribution is -0.133. The molecule has 0 saturated heterocycles. The summed E-state index contributed by atoms with van der Waals surface area (Å²) in [6, 6.07) is 1.31. The Morgan fingerprint density at radius 2 is 1.65 bits per heavy atom. The molecule has 0 aromatic rings. The average molecular weight is 261 g/mol. The molecule has 0 bridgehead atoms. The number of hydrogen-bond acceptors (Lipinski definition) is 2. The van der Waals surface area contributed by atoms with Gasteiger partial charge in [0.2, 0.25) is 5.91 Å². The molecule has 1 aliphatic carbocycles. The second-order valence-electron chi connectivity index (χ2n) is 5.45. The SMILES string of the molecule is CC(C)N(C(=O)CCl)C1CCC(N(C)C)CC1. The van der Waals surface area contributed by atoms with Crippen molar-refractivity contribution in [2.75, 3.05) is 20.0 Å². The molecule has 0 aromatic heterocycles. The lowest BCUT2D eigenvalue weighted by Gasteiger charge is -2.40. The maximum Gasteiger partial charge on any atom is 0.237 e. The predicted molar refractivity (Wildman–Crippen MR) is 72.4 cm³/mol. The molecule has 1 saturated carbocycles. The Bertz CT molecular complexity index is 248. The first-order valence-corrected chi connectivity index (χ1v) is 7.04. The molecule has 0 atom stereocenters. The van der Waals surface area contributed by atoms with E-state index in [9.17, 15) is 4.79 Å². The van der Waals surface area contributed by atoms with Crippen molar-refractivity contribution in [3.05, 3.63) is 0 Å². The van der Waals surface area contributed by atoms with Crippen LogP contribution < -0.4 is 0 Å². The fraction of sp³-hybridized carbons (Fsp3) is 0.923. The second-order valence-corrected chi connectivity index (χ2v) is 5.72. The van der Waals surface area contributed by atoms with Crippen molar-refractivity contribution in [1.82, 2.24) is 9.80 Å². The number of amides is 1. The third-order valence-electron chi connectivity index (χ3n) is 3.75. The van der Waals surface area contributed by atoms with Gasteiger partial charge < -0.3 is 9.80 Å². The Labute approximate surface area is 110 Å². The highest BCUT2D eigenvalue weighted by atomic mass is 35.5. The van der Waals surface area contributed by atoms with Gasteiger partial charge in [-0.3, -0.25) is 4.79 Å². The zero-order valence-electron chi connectivity index (χ0n) is 11.4. The number of halogens is 1. The molecule has 17 heavy (non-hydrogen) atoms. The van der Waals surface area contributed by atoms with E-state index in [1.54, 1.807) is 0 Å². The van der Waals surface area contributed by atoms with Crippen molar-refractivity contribution in [1.29, 1.82) is 0 Å². The molecule has 3 nitrogen and oxygen atoms in total. The maximum absolute atomic E-state index is 11.9. The average Bonchev–Trinajstić information content (AvgIpc) is 2.29. The minimum atomic E-state index is 0.0787. The number of alkyl halides is 1. The molecule has 0 aliphatic heterocycles. The molecule has 0 spiro atoms. The Hall–Kier alpha value is -0.280. The first-order chi connectivity index (χ1) is 7.97. The van der Waals surface area contributed by atoms with Gasteiger partial charge in [0, 0.05) is 18.1 Å². The van der Waals surface area contributed by atoms with Crippen molar-refractivity contribution in [2.45, 2.75) is 57.7 Å². The Balaban J connectivity index is 2.58. The lowest BCUT2D eigenvalue weighted by Crippen LogP contribution is -2.48. The van der Waals surface area contributed by atoms with Crippen LogP contribution in [0.15, 0.2) is 0 Å². The van der Waals surface area contributed by atoms with E-state index >= 15 is 0 Å². The fourth-order valence-corrected chi connectivity index (χ4v) is 2.97. The van der Waals surface area contributed by atoms with E-state index in [0.29, 0.717) is 12.1 Å². The standard InChI is InChI=1S/C13H25ClN2O/c1-10(2)16(13(17)9-14)12-7-5-11(6-8-12)15(3)4/h10-12H,5-9H2,1-4H3. The zero-order chi connectivity index (χ0) is 13.0. The zero-order valence-corrected chi connectivity index (χ0v) is 12.2. The van der Waals surface area contributed by atoms with Crippen LogP contribution in [-0.2, 0) is 4.79 Å². The van der Waals surface area contributed by atoms with Gasteiger partial charge in [0.1, 0.15) is 5.88 Å². The largest absolute Gasteiger partial charge is 0.336 e. The molecule has 0 radical (unpaired) electrons. The minimum absolute atomic E-state index is 0.0787. The smallest absolute Gasteiger partial charge is 0.237 e. The molecule has 0 heterocycles. The van der Waals surface area contributed by atoms with Crippen LogP contribution in [0.5, 0.6) is 0 Å². The van der Waals surface area contributed by atoms with E-state index in [0.717, 1.165) is 12.8 Å². The van der Waals surface area contributed by atoms with Crippen LogP contribution in [0.2, 0.25) is 0 Å². The first-order valence-electron chi connectivity index (χ1n) is 6.51. The van der Waals surface area contributed by atoms with Crippen LogP contribution >= 0.6 is 11.6 Å². The number of nitrogens with zero attached hydrogens (tertiary/aromatic N) is 2. The van der Waals surface area contributed by atoms with Gasteiger partial charge in [-0.15, -0.1) is 11.6 Å². The van der Waals surface area contributed by atoms with Crippen molar-refractivity contribution < 1.29 is 4.79 Å². The first kappa shape index (κ1) is 14.8. The van der Waals surface area contributed by atoms with E-state index in [2.05, 4.69) is 32.8 Å². The molecular weight excluding hydrogens is 236 g/mol. The van der Waals surface area contributed by atoms with Crippen LogP contribution in [0.25, 0.3) is 0 Å². The summed E-state index contributed by atoms with van der Waals surface area (Å²) in [6.45, 7) is 4.14. The predicted octanol–water partition coefficient (Wildman–Crippen LogP) is 2.33. The van der Waals surface area contributed by atoms with Gasteiger partial charge in [-0.2, -0.15) is 0 Å². The van der Waals surface area contributed by atoms with Crippen LogP contribution in [0.4, 0.5) is 0 Å². The van der Waals surface area contributed by atoms with Crippen LogP contribution in [0.1, 0.15) is 39.5 Å². The third kappa shape index (κ3) is 3.85. The molecule has 1 aliphatic rings. The molecule has 0 N–H and O–H groups in total. The normalized spacial score (nSPS) is 25.4. The van der Waals surface area contributed by atoms with E-state index in [1.165, 1.54) is 12.8 Å². The van der Waals surface area contributed by atoms with Crippen molar-refractivity contribution in [3.8, 4) is 0 Å². The second kappa shape index (κ2) is 6.60. The minimum Gasteiger partial charge on any atom is -0.336 e. The molecule has 0 aromatic carbocycles. The van der Waals surface area contributed by atoms with Crippen molar-refractivity contribution >= 4 is 17.5 Å². The van der Waals surface area contributed by atoms with Gasteiger partial charge in [-0.1, -0.05) is 0 Å². The van der Waals surface area contributed by atoms with Crippen molar-refractivity contribution in [2.24, 2.45) is 0 Å². The number of carbonyl (C=O) groups is 1. The topological polar surface area (TPSA) is 23.6 Å². The molecule has 0 unspecified atom stereocenters. The summed E-state index contributed by atoms with van der Waals surface area (Å²) in [7, 11) is 4.27. The van der Waals surface area contributed by atoms with Gasteiger partial charge in [0.05, 0.1) is 0 Å². The monoisotopic (exact) mass is 260 g/mol. The Morgan fingerprint density at radius 1 is 1.18 bits per heavy atom. The van der Waals surface area contributed by atoms with Crippen LogP contribution in [0.3, 0.4) is 0 Å². The lowest BCUT2D eigenvalue weighted by atomic mass is 9.89.